The third kappa shape index (κ3) is 2.57. The van der Waals surface area contributed by atoms with Gasteiger partial charge in [0, 0.05) is 12.7 Å². The van der Waals surface area contributed by atoms with Gasteiger partial charge in [-0.2, -0.15) is 5.10 Å². The summed E-state index contributed by atoms with van der Waals surface area (Å²) in [7, 11) is 0. The van der Waals surface area contributed by atoms with Gasteiger partial charge >= 0.3 is 0 Å². The number of carbonyl (C=O) groups excluding carboxylic acids is 1. The van der Waals surface area contributed by atoms with Gasteiger partial charge < -0.3 is 9.42 Å². The van der Waals surface area contributed by atoms with Crippen LogP contribution in [0.5, 0.6) is 0 Å². The molecule has 3 rings (SSSR count). The summed E-state index contributed by atoms with van der Waals surface area (Å²) in [6, 6.07) is 0.186. The SMILES string of the molecule is Cc1cnn(C[C@H]2CCCN2C(=O)c2c(C)noc2C)c1. The van der Waals surface area contributed by atoms with E-state index in [4.69, 9.17) is 4.52 Å². The van der Waals surface area contributed by atoms with Gasteiger partial charge in [-0.1, -0.05) is 5.16 Å². The van der Waals surface area contributed by atoms with Crippen molar-refractivity contribution in [2.75, 3.05) is 6.54 Å². The normalized spacial score (nSPS) is 18.4. The molecule has 21 heavy (non-hydrogen) atoms. The van der Waals surface area contributed by atoms with Crippen molar-refractivity contribution < 1.29 is 9.32 Å². The van der Waals surface area contributed by atoms with Gasteiger partial charge in [0.05, 0.1) is 24.5 Å². The molecule has 3 heterocycles. The Hall–Kier alpha value is -2.11. The predicted molar refractivity (Wildman–Crippen MR) is 77.0 cm³/mol. The van der Waals surface area contributed by atoms with Crippen molar-refractivity contribution in [3.05, 3.63) is 35.0 Å². The number of likely N-dealkylation sites (tertiary alicyclic amines) is 1. The minimum Gasteiger partial charge on any atom is -0.361 e. The second-order valence-corrected chi connectivity index (χ2v) is 5.73. The monoisotopic (exact) mass is 288 g/mol. The first-order chi connectivity index (χ1) is 10.1. The molecule has 2 aromatic rings. The van der Waals surface area contributed by atoms with Crippen molar-refractivity contribution in [2.24, 2.45) is 0 Å². The quantitative estimate of drug-likeness (QED) is 0.867. The van der Waals surface area contributed by atoms with E-state index in [9.17, 15) is 4.79 Å². The van der Waals surface area contributed by atoms with Gasteiger partial charge in [-0.3, -0.25) is 9.48 Å². The molecule has 112 valence electrons. The summed E-state index contributed by atoms with van der Waals surface area (Å²) in [6.07, 6.45) is 5.89. The van der Waals surface area contributed by atoms with Crippen LogP contribution in [0.4, 0.5) is 0 Å². The average Bonchev–Trinajstić information content (AvgIpc) is 3.13. The highest BCUT2D eigenvalue weighted by Gasteiger charge is 2.32. The summed E-state index contributed by atoms with van der Waals surface area (Å²) in [5.74, 6) is 0.621. The van der Waals surface area contributed by atoms with Gasteiger partial charge in [-0.15, -0.1) is 0 Å². The molecule has 1 aliphatic rings. The van der Waals surface area contributed by atoms with E-state index in [2.05, 4.69) is 10.3 Å². The molecule has 0 saturated carbocycles. The first-order valence-electron chi connectivity index (χ1n) is 7.29. The smallest absolute Gasteiger partial charge is 0.259 e. The first-order valence-corrected chi connectivity index (χ1v) is 7.29. The van der Waals surface area contributed by atoms with Crippen LogP contribution in [0.1, 0.15) is 40.2 Å². The predicted octanol–water partition coefficient (Wildman–Crippen LogP) is 2.10. The second-order valence-electron chi connectivity index (χ2n) is 5.73. The largest absolute Gasteiger partial charge is 0.361 e. The van der Waals surface area contributed by atoms with Crippen molar-refractivity contribution in [3.63, 3.8) is 0 Å². The number of aryl methyl sites for hydroxylation is 3. The molecule has 0 aromatic carbocycles. The molecule has 0 bridgehead atoms. The van der Waals surface area contributed by atoms with Crippen molar-refractivity contribution in [3.8, 4) is 0 Å². The Morgan fingerprint density at radius 3 is 2.86 bits per heavy atom. The molecule has 6 heteroatoms. The molecule has 1 aliphatic heterocycles. The van der Waals surface area contributed by atoms with Crippen LogP contribution in [0, 0.1) is 20.8 Å². The van der Waals surface area contributed by atoms with Crippen LogP contribution in [0.15, 0.2) is 16.9 Å². The van der Waals surface area contributed by atoms with Crippen LogP contribution in [0.3, 0.4) is 0 Å². The Balaban J connectivity index is 1.79. The molecule has 1 saturated heterocycles. The summed E-state index contributed by atoms with van der Waals surface area (Å²) in [5, 5.41) is 8.20. The Morgan fingerprint density at radius 1 is 1.43 bits per heavy atom. The number of nitrogens with zero attached hydrogens (tertiary/aromatic N) is 4. The summed E-state index contributed by atoms with van der Waals surface area (Å²) in [4.78, 5) is 14.7. The lowest BCUT2D eigenvalue weighted by molar-refractivity contribution is 0.0719. The number of hydrogen-bond donors (Lipinski definition) is 0. The Morgan fingerprint density at radius 2 is 2.24 bits per heavy atom. The lowest BCUT2D eigenvalue weighted by Gasteiger charge is -2.24. The Kier molecular flexibility index (Phi) is 3.53. The third-order valence-corrected chi connectivity index (χ3v) is 4.05. The number of carbonyl (C=O) groups is 1. The van der Waals surface area contributed by atoms with Crippen LogP contribution in [0.2, 0.25) is 0 Å². The average molecular weight is 288 g/mol. The summed E-state index contributed by atoms with van der Waals surface area (Å²) >= 11 is 0. The van der Waals surface area contributed by atoms with E-state index in [0.29, 0.717) is 17.0 Å². The Bertz CT molecular complexity index is 639. The fraction of sp³-hybridized carbons (Fsp3) is 0.533. The molecule has 1 fully saturated rings. The molecule has 1 amide bonds. The third-order valence-electron chi connectivity index (χ3n) is 4.05. The highest BCUT2D eigenvalue weighted by molar-refractivity contribution is 5.96. The van der Waals surface area contributed by atoms with Crippen molar-refractivity contribution in [1.82, 2.24) is 19.8 Å². The standard InChI is InChI=1S/C15H20N4O2/c1-10-7-16-18(8-10)9-13-5-4-6-19(13)15(20)14-11(2)17-21-12(14)3/h7-8,13H,4-6,9H2,1-3H3/t13-/m1/s1. The highest BCUT2D eigenvalue weighted by Crippen LogP contribution is 2.24. The van der Waals surface area contributed by atoms with Crippen LogP contribution in [0.25, 0.3) is 0 Å². The lowest BCUT2D eigenvalue weighted by Crippen LogP contribution is -2.38. The van der Waals surface area contributed by atoms with Gasteiger partial charge in [-0.25, -0.2) is 0 Å². The molecule has 6 nitrogen and oxygen atoms in total. The maximum atomic E-state index is 12.8. The van der Waals surface area contributed by atoms with E-state index >= 15 is 0 Å². The number of hydrogen-bond acceptors (Lipinski definition) is 4. The molecular weight excluding hydrogens is 268 g/mol. The minimum absolute atomic E-state index is 0.0256. The van der Waals surface area contributed by atoms with E-state index < -0.39 is 0 Å². The molecule has 0 spiro atoms. The van der Waals surface area contributed by atoms with Crippen molar-refractivity contribution in [2.45, 2.75) is 46.2 Å². The van der Waals surface area contributed by atoms with Gasteiger partial charge in [-0.05, 0) is 39.2 Å². The van der Waals surface area contributed by atoms with Crippen LogP contribution in [-0.4, -0.2) is 38.3 Å². The molecule has 1 atom stereocenters. The molecule has 2 aromatic heterocycles. The summed E-state index contributed by atoms with van der Waals surface area (Å²) in [5.41, 5.74) is 2.41. The van der Waals surface area contributed by atoms with Gasteiger partial charge in [0.1, 0.15) is 11.3 Å². The van der Waals surface area contributed by atoms with Crippen molar-refractivity contribution >= 4 is 5.91 Å². The fourth-order valence-electron chi connectivity index (χ4n) is 3.01. The van der Waals surface area contributed by atoms with Crippen LogP contribution in [-0.2, 0) is 6.54 Å². The Labute approximate surface area is 123 Å². The second kappa shape index (κ2) is 5.35. The van der Waals surface area contributed by atoms with Gasteiger partial charge in [0.25, 0.3) is 5.91 Å². The van der Waals surface area contributed by atoms with Crippen molar-refractivity contribution in [1.29, 1.82) is 0 Å². The molecule has 0 N–H and O–H groups in total. The minimum atomic E-state index is 0.0256. The lowest BCUT2D eigenvalue weighted by atomic mass is 10.1. The van der Waals surface area contributed by atoms with E-state index in [1.54, 1.807) is 6.92 Å². The first kappa shape index (κ1) is 13.9. The fourth-order valence-corrected chi connectivity index (χ4v) is 3.01. The number of amides is 1. The van der Waals surface area contributed by atoms with Gasteiger partial charge in [0.2, 0.25) is 0 Å². The molecule has 0 unspecified atom stereocenters. The summed E-state index contributed by atoms with van der Waals surface area (Å²) in [6.45, 7) is 7.14. The maximum absolute atomic E-state index is 12.8. The van der Waals surface area contributed by atoms with E-state index in [0.717, 1.165) is 31.5 Å². The number of rotatable bonds is 3. The zero-order valence-electron chi connectivity index (χ0n) is 12.7. The molecular formula is C15H20N4O2. The van der Waals surface area contributed by atoms with E-state index in [1.165, 1.54) is 0 Å². The van der Waals surface area contributed by atoms with E-state index in [1.807, 2.05) is 35.8 Å². The zero-order valence-corrected chi connectivity index (χ0v) is 12.7. The highest BCUT2D eigenvalue weighted by atomic mass is 16.5. The topological polar surface area (TPSA) is 64.2 Å². The number of aromatic nitrogens is 3. The van der Waals surface area contributed by atoms with Crippen LogP contribution < -0.4 is 0 Å². The zero-order chi connectivity index (χ0) is 15.0. The summed E-state index contributed by atoms with van der Waals surface area (Å²) < 4.78 is 7.03. The van der Waals surface area contributed by atoms with E-state index in [-0.39, 0.29) is 11.9 Å². The molecule has 0 radical (unpaired) electrons. The maximum Gasteiger partial charge on any atom is 0.259 e. The van der Waals surface area contributed by atoms with Gasteiger partial charge in [0.15, 0.2) is 0 Å². The molecule has 0 aliphatic carbocycles. The van der Waals surface area contributed by atoms with Crippen LogP contribution >= 0.6 is 0 Å².